The fourth-order valence-corrected chi connectivity index (χ4v) is 9.69. The summed E-state index contributed by atoms with van der Waals surface area (Å²) < 4.78 is 7.13. The van der Waals surface area contributed by atoms with E-state index in [-0.39, 0.29) is 11.3 Å². The molecule has 0 radical (unpaired) electrons. The predicted molar refractivity (Wildman–Crippen MR) is 239 cm³/mol. The highest BCUT2D eigenvalue weighted by molar-refractivity contribution is 6.19. The molecule has 1 nitrogen and oxygen atoms in total. The molecule has 0 N–H and O–H groups in total. The molecule has 0 spiro atoms. The van der Waals surface area contributed by atoms with Crippen LogP contribution in [0.5, 0.6) is 0 Å². The summed E-state index contributed by atoms with van der Waals surface area (Å²) in [6, 6.07) is 73.2. The van der Waals surface area contributed by atoms with Crippen molar-refractivity contribution in [2.45, 2.75) is 25.2 Å². The maximum Gasteiger partial charge on any atom is 0.143 e. The maximum atomic E-state index is 7.13. The first kappa shape index (κ1) is 33.4. The molecule has 0 aliphatic heterocycles. The predicted octanol–water partition coefficient (Wildman–Crippen LogP) is 15.2. The Morgan fingerprint density at radius 2 is 1.04 bits per heavy atom. The zero-order chi connectivity index (χ0) is 38.1. The van der Waals surface area contributed by atoms with Crippen molar-refractivity contribution >= 4 is 32.7 Å². The first-order valence-corrected chi connectivity index (χ1v) is 20.0. The van der Waals surface area contributed by atoms with Gasteiger partial charge in [-0.25, -0.2) is 0 Å². The maximum absolute atomic E-state index is 7.13. The van der Waals surface area contributed by atoms with E-state index in [2.05, 4.69) is 214 Å². The Morgan fingerprint density at radius 1 is 0.421 bits per heavy atom. The fourth-order valence-electron chi connectivity index (χ4n) is 9.69. The van der Waals surface area contributed by atoms with Crippen LogP contribution in [0.4, 0.5) is 0 Å². The van der Waals surface area contributed by atoms with Gasteiger partial charge in [0.25, 0.3) is 0 Å². The molecule has 1 heteroatoms. The number of furan rings is 1. The third kappa shape index (κ3) is 5.30. The van der Waals surface area contributed by atoms with Crippen LogP contribution >= 0.6 is 0 Å². The molecule has 57 heavy (non-hydrogen) atoms. The molecule has 270 valence electrons. The van der Waals surface area contributed by atoms with Crippen LogP contribution in [0.3, 0.4) is 0 Å². The molecule has 1 aromatic heterocycles. The van der Waals surface area contributed by atoms with Gasteiger partial charge in [-0.05, 0) is 95.7 Å². The standard InChI is InChI=1S/C56H40O/c1-56(2)49-26-14-13-23-44(49)45-33-32-41(35-50(45)56)53-43-22-10-9-20-40(43)34-48-54-47(25-15-27-51(54)57-55(48)53)52(39-30-28-37(29-31-39)36-16-5-3-6-17-36)46-24-12-11-21-42(46)38-18-7-4-8-19-38/h3-35,52H,1-2H3. The van der Waals surface area contributed by atoms with Crippen molar-refractivity contribution in [3.05, 3.63) is 228 Å². The molecule has 0 saturated heterocycles. The molecule has 1 aliphatic carbocycles. The van der Waals surface area contributed by atoms with E-state index >= 15 is 0 Å². The molecule has 0 fully saturated rings. The van der Waals surface area contributed by atoms with Crippen LogP contribution in [0.2, 0.25) is 0 Å². The van der Waals surface area contributed by atoms with Gasteiger partial charge in [-0.2, -0.15) is 0 Å². The lowest BCUT2D eigenvalue weighted by Gasteiger charge is -2.23. The van der Waals surface area contributed by atoms with Crippen LogP contribution in [0, 0.1) is 0 Å². The number of rotatable bonds is 6. The smallest absolute Gasteiger partial charge is 0.143 e. The molecule has 0 bridgehead atoms. The summed E-state index contributed by atoms with van der Waals surface area (Å²) in [6.45, 7) is 4.71. The highest BCUT2D eigenvalue weighted by atomic mass is 16.3. The third-order valence-corrected chi connectivity index (χ3v) is 12.4. The Kier molecular flexibility index (Phi) is 7.66. The van der Waals surface area contributed by atoms with Crippen LogP contribution in [-0.2, 0) is 5.41 Å². The van der Waals surface area contributed by atoms with Crippen molar-refractivity contribution in [3.8, 4) is 44.5 Å². The largest absolute Gasteiger partial charge is 0.455 e. The third-order valence-electron chi connectivity index (χ3n) is 12.4. The summed E-state index contributed by atoms with van der Waals surface area (Å²) >= 11 is 0. The van der Waals surface area contributed by atoms with Crippen LogP contribution < -0.4 is 0 Å². The minimum absolute atomic E-state index is 0.0649. The Balaban J connectivity index is 1.17. The van der Waals surface area contributed by atoms with E-state index in [1.165, 1.54) is 77.5 Å². The highest BCUT2D eigenvalue weighted by Crippen LogP contribution is 2.52. The first-order valence-electron chi connectivity index (χ1n) is 20.0. The molecule has 1 unspecified atom stereocenters. The Morgan fingerprint density at radius 3 is 1.84 bits per heavy atom. The Bertz CT molecular complexity index is 3130. The van der Waals surface area contributed by atoms with Crippen LogP contribution in [-0.4, -0.2) is 0 Å². The number of benzene rings is 9. The fraction of sp³-hybridized carbons (Fsp3) is 0.0714. The SMILES string of the molecule is CC1(C)c2ccccc2-c2ccc(-c3c4ccccc4cc4c3oc3cccc(C(c5ccc(-c6ccccc6)cc5)c5ccccc5-c5ccccc5)c34)cc21. The van der Waals surface area contributed by atoms with Crippen LogP contribution in [0.25, 0.3) is 77.2 Å². The second kappa shape index (κ2) is 13.1. The second-order valence-corrected chi connectivity index (χ2v) is 16.0. The van der Waals surface area contributed by atoms with Crippen molar-refractivity contribution in [3.63, 3.8) is 0 Å². The number of fused-ring (bicyclic) bond motifs is 7. The molecule has 9 aromatic carbocycles. The van der Waals surface area contributed by atoms with Crippen molar-refractivity contribution in [1.82, 2.24) is 0 Å². The van der Waals surface area contributed by atoms with Gasteiger partial charge in [0, 0.05) is 27.7 Å². The van der Waals surface area contributed by atoms with E-state index in [4.69, 9.17) is 4.42 Å². The van der Waals surface area contributed by atoms with Gasteiger partial charge in [0.15, 0.2) is 0 Å². The lowest BCUT2D eigenvalue weighted by molar-refractivity contribution is 0.660. The monoisotopic (exact) mass is 728 g/mol. The summed E-state index contributed by atoms with van der Waals surface area (Å²) in [5.74, 6) is -0.0649. The van der Waals surface area contributed by atoms with E-state index in [0.717, 1.165) is 27.5 Å². The van der Waals surface area contributed by atoms with Gasteiger partial charge in [0.2, 0.25) is 0 Å². The molecular formula is C56H40O. The lowest BCUT2D eigenvalue weighted by Crippen LogP contribution is -2.14. The number of hydrogen-bond donors (Lipinski definition) is 0. The molecular weight excluding hydrogens is 689 g/mol. The van der Waals surface area contributed by atoms with E-state index < -0.39 is 0 Å². The molecule has 1 aliphatic rings. The second-order valence-electron chi connectivity index (χ2n) is 16.0. The summed E-state index contributed by atoms with van der Waals surface area (Å²) in [5.41, 5.74) is 18.0. The van der Waals surface area contributed by atoms with E-state index in [0.29, 0.717) is 0 Å². The molecule has 1 atom stereocenters. The van der Waals surface area contributed by atoms with Gasteiger partial charge in [0.1, 0.15) is 11.2 Å². The minimum atomic E-state index is -0.109. The van der Waals surface area contributed by atoms with Crippen molar-refractivity contribution in [1.29, 1.82) is 0 Å². The first-order chi connectivity index (χ1) is 28.0. The molecule has 0 amide bonds. The zero-order valence-corrected chi connectivity index (χ0v) is 32.0. The highest BCUT2D eigenvalue weighted by Gasteiger charge is 2.35. The normalized spacial score (nSPS) is 13.5. The average molecular weight is 729 g/mol. The lowest BCUT2D eigenvalue weighted by atomic mass is 9.79. The summed E-state index contributed by atoms with van der Waals surface area (Å²) in [7, 11) is 0. The van der Waals surface area contributed by atoms with Gasteiger partial charge in [0.05, 0.1) is 0 Å². The van der Waals surface area contributed by atoms with Gasteiger partial charge >= 0.3 is 0 Å². The molecule has 10 aromatic rings. The molecule has 0 saturated carbocycles. The summed E-state index contributed by atoms with van der Waals surface area (Å²) in [6.07, 6.45) is 0. The van der Waals surface area contributed by atoms with Crippen LogP contribution in [0.15, 0.2) is 205 Å². The Labute approximate surface area is 333 Å². The topological polar surface area (TPSA) is 13.1 Å². The van der Waals surface area contributed by atoms with E-state index in [1.54, 1.807) is 0 Å². The summed E-state index contributed by atoms with van der Waals surface area (Å²) in [5, 5.41) is 4.70. The summed E-state index contributed by atoms with van der Waals surface area (Å²) in [4.78, 5) is 0. The zero-order valence-electron chi connectivity index (χ0n) is 32.0. The van der Waals surface area contributed by atoms with Gasteiger partial charge in [-0.3, -0.25) is 0 Å². The van der Waals surface area contributed by atoms with Crippen molar-refractivity contribution in [2.24, 2.45) is 0 Å². The Hall–Kier alpha value is -6.96. The number of hydrogen-bond acceptors (Lipinski definition) is 1. The van der Waals surface area contributed by atoms with Crippen LogP contribution in [0.1, 0.15) is 47.6 Å². The minimum Gasteiger partial charge on any atom is -0.455 e. The van der Waals surface area contributed by atoms with E-state index in [9.17, 15) is 0 Å². The van der Waals surface area contributed by atoms with E-state index in [1.807, 2.05) is 0 Å². The van der Waals surface area contributed by atoms with Gasteiger partial charge < -0.3 is 4.42 Å². The van der Waals surface area contributed by atoms with Crippen molar-refractivity contribution < 1.29 is 4.42 Å². The van der Waals surface area contributed by atoms with Crippen molar-refractivity contribution in [2.75, 3.05) is 0 Å². The molecule has 1 heterocycles. The molecule has 11 rings (SSSR count). The van der Waals surface area contributed by atoms with Gasteiger partial charge in [-0.1, -0.05) is 196 Å². The van der Waals surface area contributed by atoms with Gasteiger partial charge in [-0.15, -0.1) is 0 Å². The quantitative estimate of drug-likeness (QED) is 0.155. The average Bonchev–Trinajstić information content (AvgIpc) is 3.75.